The highest BCUT2D eigenvalue weighted by atomic mass is 16.5. The van der Waals surface area contributed by atoms with Crippen LogP contribution in [-0.2, 0) is 9.53 Å². The molecular weight excluding hydrogens is 154 g/mol. The maximum atomic E-state index is 11.1. The van der Waals surface area contributed by atoms with Gasteiger partial charge in [-0.25, -0.2) is 0 Å². The molecule has 0 radical (unpaired) electrons. The standard InChI is InChI=1S/C9H15NO2/c1-12-9(11)8-6-10(8)7-4-2-3-5-7/h7-8H,2-6H2,1H3. The van der Waals surface area contributed by atoms with Gasteiger partial charge in [-0.2, -0.15) is 0 Å². The third-order valence-electron chi connectivity index (χ3n) is 2.92. The van der Waals surface area contributed by atoms with Crippen LogP contribution in [0.3, 0.4) is 0 Å². The summed E-state index contributed by atoms with van der Waals surface area (Å²) in [4.78, 5) is 13.3. The highest BCUT2D eigenvalue weighted by molar-refractivity contribution is 5.79. The van der Waals surface area contributed by atoms with Crippen molar-refractivity contribution in [2.75, 3.05) is 13.7 Å². The van der Waals surface area contributed by atoms with Crippen LogP contribution in [0.25, 0.3) is 0 Å². The second kappa shape index (κ2) is 3.05. The third-order valence-corrected chi connectivity index (χ3v) is 2.92. The summed E-state index contributed by atoms with van der Waals surface area (Å²) in [6.07, 6.45) is 5.20. The fraction of sp³-hybridized carbons (Fsp3) is 0.889. The van der Waals surface area contributed by atoms with Crippen molar-refractivity contribution in [3.8, 4) is 0 Å². The van der Waals surface area contributed by atoms with Crippen molar-refractivity contribution in [3.63, 3.8) is 0 Å². The lowest BCUT2D eigenvalue weighted by molar-refractivity contribution is -0.141. The largest absolute Gasteiger partial charge is 0.468 e. The molecule has 2 unspecified atom stereocenters. The van der Waals surface area contributed by atoms with Crippen LogP contribution in [0.2, 0.25) is 0 Å². The molecule has 3 nitrogen and oxygen atoms in total. The van der Waals surface area contributed by atoms with Crippen molar-refractivity contribution < 1.29 is 9.53 Å². The SMILES string of the molecule is COC(=O)C1CN1C1CCCC1. The van der Waals surface area contributed by atoms with E-state index in [0.717, 1.165) is 6.54 Å². The van der Waals surface area contributed by atoms with Crippen LogP contribution in [0.4, 0.5) is 0 Å². The van der Waals surface area contributed by atoms with Gasteiger partial charge in [0.1, 0.15) is 6.04 Å². The monoisotopic (exact) mass is 169 g/mol. The van der Waals surface area contributed by atoms with E-state index in [-0.39, 0.29) is 12.0 Å². The molecule has 0 amide bonds. The zero-order valence-corrected chi connectivity index (χ0v) is 7.45. The van der Waals surface area contributed by atoms with Crippen molar-refractivity contribution >= 4 is 5.97 Å². The molecule has 0 spiro atoms. The molecule has 2 atom stereocenters. The lowest BCUT2D eigenvalue weighted by atomic mass is 10.2. The number of carbonyl (C=O) groups excluding carboxylic acids is 1. The lowest BCUT2D eigenvalue weighted by Crippen LogP contribution is -2.21. The summed E-state index contributed by atoms with van der Waals surface area (Å²) in [6, 6.07) is 0.771. The first-order valence-corrected chi connectivity index (χ1v) is 4.66. The molecule has 0 aromatic carbocycles. The van der Waals surface area contributed by atoms with Crippen molar-refractivity contribution in [1.29, 1.82) is 0 Å². The van der Waals surface area contributed by atoms with Crippen LogP contribution in [0, 0.1) is 0 Å². The van der Waals surface area contributed by atoms with Crippen LogP contribution < -0.4 is 0 Å². The third kappa shape index (κ3) is 1.33. The van der Waals surface area contributed by atoms with Gasteiger partial charge in [0, 0.05) is 12.6 Å². The first kappa shape index (κ1) is 8.05. The Balaban J connectivity index is 1.82. The number of hydrogen-bond donors (Lipinski definition) is 0. The van der Waals surface area contributed by atoms with Gasteiger partial charge in [-0.05, 0) is 12.8 Å². The summed E-state index contributed by atoms with van der Waals surface area (Å²) in [5, 5.41) is 0. The summed E-state index contributed by atoms with van der Waals surface area (Å²) in [6.45, 7) is 0.928. The molecule has 2 aliphatic rings. The Morgan fingerprint density at radius 3 is 2.67 bits per heavy atom. The van der Waals surface area contributed by atoms with Crippen LogP contribution in [0.1, 0.15) is 25.7 Å². The molecule has 1 aliphatic heterocycles. The van der Waals surface area contributed by atoms with Gasteiger partial charge in [0.25, 0.3) is 0 Å². The summed E-state index contributed by atoms with van der Waals surface area (Å²) in [5.74, 6) is -0.0538. The van der Waals surface area contributed by atoms with Crippen molar-refractivity contribution in [2.24, 2.45) is 0 Å². The lowest BCUT2D eigenvalue weighted by Gasteiger charge is -2.09. The number of esters is 1. The summed E-state index contributed by atoms with van der Waals surface area (Å²) >= 11 is 0. The normalized spacial score (nSPS) is 35.1. The maximum Gasteiger partial charge on any atom is 0.324 e. The second-order valence-electron chi connectivity index (χ2n) is 3.67. The molecule has 0 N–H and O–H groups in total. The second-order valence-corrected chi connectivity index (χ2v) is 3.67. The van der Waals surface area contributed by atoms with E-state index >= 15 is 0 Å². The zero-order valence-electron chi connectivity index (χ0n) is 7.45. The number of nitrogens with zero attached hydrogens (tertiary/aromatic N) is 1. The highest BCUT2D eigenvalue weighted by Gasteiger charge is 2.46. The van der Waals surface area contributed by atoms with E-state index in [1.807, 2.05) is 0 Å². The summed E-state index contributed by atoms with van der Waals surface area (Å²) in [5.41, 5.74) is 0. The Morgan fingerprint density at radius 1 is 1.42 bits per heavy atom. The Labute approximate surface area is 72.7 Å². The summed E-state index contributed by atoms with van der Waals surface area (Å²) in [7, 11) is 1.47. The molecule has 2 fully saturated rings. The van der Waals surface area contributed by atoms with E-state index in [1.165, 1.54) is 32.8 Å². The van der Waals surface area contributed by atoms with E-state index in [0.29, 0.717) is 6.04 Å². The van der Waals surface area contributed by atoms with Crippen molar-refractivity contribution in [3.05, 3.63) is 0 Å². The van der Waals surface area contributed by atoms with Crippen LogP contribution in [0.5, 0.6) is 0 Å². The minimum atomic E-state index is -0.0538. The van der Waals surface area contributed by atoms with Crippen molar-refractivity contribution in [2.45, 2.75) is 37.8 Å². The van der Waals surface area contributed by atoms with E-state index in [9.17, 15) is 4.79 Å². The quantitative estimate of drug-likeness (QED) is 0.452. The molecule has 0 aromatic heterocycles. The van der Waals surface area contributed by atoms with E-state index < -0.39 is 0 Å². The minimum Gasteiger partial charge on any atom is -0.468 e. The zero-order chi connectivity index (χ0) is 8.55. The minimum absolute atomic E-state index is 0.0538. The number of rotatable bonds is 2. The fourth-order valence-corrected chi connectivity index (χ4v) is 2.14. The maximum absolute atomic E-state index is 11.1. The molecule has 1 aliphatic carbocycles. The van der Waals surface area contributed by atoms with Crippen molar-refractivity contribution in [1.82, 2.24) is 4.90 Å². The van der Waals surface area contributed by atoms with E-state index in [2.05, 4.69) is 9.64 Å². The van der Waals surface area contributed by atoms with Gasteiger partial charge in [0.05, 0.1) is 7.11 Å². The number of carbonyl (C=O) groups is 1. The van der Waals surface area contributed by atoms with Gasteiger partial charge in [-0.1, -0.05) is 12.8 Å². The molecular formula is C9H15NO2. The molecule has 0 aromatic rings. The number of methoxy groups -OCH3 is 1. The molecule has 1 heterocycles. The predicted molar refractivity (Wildman–Crippen MR) is 44.8 cm³/mol. The van der Waals surface area contributed by atoms with Gasteiger partial charge < -0.3 is 4.74 Å². The van der Waals surface area contributed by atoms with Gasteiger partial charge in [0.15, 0.2) is 0 Å². The molecule has 12 heavy (non-hydrogen) atoms. The van der Waals surface area contributed by atoms with Crippen LogP contribution in [-0.4, -0.2) is 36.6 Å². The molecule has 1 saturated carbocycles. The average molecular weight is 169 g/mol. The Bertz CT molecular complexity index is 187. The first-order valence-electron chi connectivity index (χ1n) is 4.66. The van der Waals surface area contributed by atoms with Gasteiger partial charge in [-0.3, -0.25) is 9.69 Å². The molecule has 68 valence electrons. The van der Waals surface area contributed by atoms with Crippen LogP contribution >= 0.6 is 0 Å². The Morgan fingerprint density at radius 2 is 2.08 bits per heavy atom. The molecule has 3 heteroatoms. The first-order chi connectivity index (χ1) is 5.83. The molecule has 0 bridgehead atoms. The predicted octanol–water partition coefficient (Wildman–Crippen LogP) is 0.786. The highest BCUT2D eigenvalue weighted by Crippen LogP contribution is 2.32. The Hall–Kier alpha value is -0.570. The van der Waals surface area contributed by atoms with E-state index in [4.69, 9.17) is 0 Å². The fourth-order valence-electron chi connectivity index (χ4n) is 2.14. The van der Waals surface area contributed by atoms with Gasteiger partial charge >= 0.3 is 5.97 Å². The van der Waals surface area contributed by atoms with Crippen LogP contribution in [0.15, 0.2) is 0 Å². The molecule has 2 rings (SSSR count). The number of ether oxygens (including phenoxy) is 1. The molecule has 1 saturated heterocycles. The number of hydrogen-bond acceptors (Lipinski definition) is 3. The van der Waals surface area contributed by atoms with Gasteiger partial charge in [0.2, 0.25) is 0 Å². The smallest absolute Gasteiger partial charge is 0.324 e. The summed E-state index contributed by atoms with van der Waals surface area (Å²) < 4.78 is 4.68. The van der Waals surface area contributed by atoms with E-state index in [1.54, 1.807) is 0 Å². The average Bonchev–Trinajstić information content (AvgIpc) is 2.71. The topological polar surface area (TPSA) is 29.3 Å². The Kier molecular flexibility index (Phi) is 2.05. The van der Waals surface area contributed by atoms with Gasteiger partial charge in [-0.15, -0.1) is 0 Å².